The molecule has 0 saturated carbocycles. The lowest BCUT2D eigenvalue weighted by Gasteiger charge is -2.33. The summed E-state index contributed by atoms with van der Waals surface area (Å²) in [6, 6.07) is 16.3. The molecule has 8 heteroatoms. The maximum atomic E-state index is 12.9. The van der Waals surface area contributed by atoms with Gasteiger partial charge in [-0.1, -0.05) is 30.3 Å². The summed E-state index contributed by atoms with van der Waals surface area (Å²) in [5.41, 5.74) is 0.863. The zero-order valence-electron chi connectivity index (χ0n) is 16.6. The maximum Gasteiger partial charge on any atom is 0.243 e. The zero-order valence-corrected chi connectivity index (χ0v) is 17.4. The van der Waals surface area contributed by atoms with Gasteiger partial charge in [-0.15, -0.1) is 0 Å². The Morgan fingerprint density at radius 3 is 2.28 bits per heavy atom. The van der Waals surface area contributed by atoms with E-state index in [9.17, 15) is 13.2 Å². The highest BCUT2D eigenvalue weighted by molar-refractivity contribution is 7.89. The molecule has 1 amide bonds. The molecule has 0 atom stereocenters. The number of amides is 1. The molecule has 7 nitrogen and oxygen atoms in total. The minimum Gasteiger partial charge on any atom is -0.492 e. The highest BCUT2D eigenvalue weighted by atomic mass is 32.2. The van der Waals surface area contributed by atoms with Crippen molar-refractivity contribution in [1.82, 2.24) is 14.5 Å². The van der Waals surface area contributed by atoms with Crippen molar-refractivity contribution < 1.29 is 17.9 Å². The van der Waals surface area contributed by atoms with E-state index in [0.29, 0.717) is 39.3 Å². The fourth-order valence-electron chi connectivity index (χ4n) is 3.16. The molecule has 0 unspecified atom stereocenters. The summed E-state index contributed by atoms with van der Waals surface area (Å²) in [5.74, 6) is 0.726. The Hall–Kier alpha value is -2.42. The molecule has 1 aliphatic heterocycles. The molecule has 0 aromatic heterocycles. The van der Waals surface area contributed by atoms with Gasteiger partial charge in [0.25, 0.3) is 0 Å². The molecule has 0 spiro atoms. The van der Waals surface area contributed by atoms with Gasteiger partial charge in [-0.2, -0.15) is 4.31 Å². The smallest absolute Gasteiger partial charge is 0.243 e. The van der Waals surface area contributed by atoms with E-state index in [1.54, 1.807) is 24.3 Å². The Bertz CT molecular complexity index is 893. The van der Waals surface area contributed by atoms with E-state index >= 15 is 0 Å². The second-order valence-electron chi connectivity index (χ2n) is 6.96. The first-order chi connectivity index (χ1) is 13.9. The summed E-state index contributed by atoms with van der Waals surface area (Å²) in [6.45, 7) is 5.46. The predicted octanol–water partition coefficient (Wildman–Crippen LogP) is 1.71. The second kappa shape index (κ2) is 9.87. The largest absolute Gasteiger partial charge is 0.492 e. The Balaban J connectivity index is 1.48. The van der Waals surface area contributed by atoms with Gasteiger partial charge < -0.3 is 10.1 Å². The molecule has 3 rings (SSSR count). The van der Waals surface area contributed by atoms with Crippen molar-refractivity contribution in [3.05, 3.63) is 60.2 Å². The van der Waals surface area contributed by atoms with Crippen LogP contribution in [0.15, 0.2) is 59.5 Å². The van der Waals surface area contributed by atoms with Crippen molar-refractivity contribution in [3.63, 3.8) is 0 Å². The molecule has 1 aliphatic rings. The van der Waals surface area contributed by atoms with Gasteiger partial charge in [0.05, 0.1) is 4.90 Å². The summed E-state index contributed by atoms with van der Waals surface area (Å²) in [5, 5.41) is 2.70. The van der Waals surface area contributed by atoms with Gasteiger partial charge in [0.15, 0.2) is 0 Å². The number of carbonyl (C=O) groups is 1. The first-order valence-corrected chi connectivity index (χ1v) is 11.1. The summed E-state index contributed by atoms with van der Waals surface area (Å²) in [7, 11) is -3.51. The van der Waals surface area contributed by atoms with Gasteiger partial charge >= 0.3 is 0 Å². The number of hydrogen-bond donors (Lipinski definition) is 1. The number of nitrogens with one attached hydrogen (secondary N) is 1. The van der Waals surface area contributed by atoms with Crippen LogP contribution in [0.25, 0.3) is 0 Å². The average molecular weight is 418 g/mol. The lowest BCUT2D eigenvalue weighted by atomic mass is 10.2. The van der Waals surface area contributed by atoms with Crippen molar-refractivity contribution in [1.29, 1.82) is 0 Å². The summed E-state index contributed by atoms with van der Waals surface area (Å²) < 4.78 is 33.0. The van der Waals surface area contributed by atoms with E-state index in [1.807, 2.05) is 30.3 Å². The van der Waals surface area contributed by atoms with Crippen LogP contribution in [0.5, 0.6) is 5.75 Å². The summed E-state index contributed by atoms with van der Waals surface area (Å²) in [4.78, 5) is 13.5. The van der Waals surface area contributed by atoms with Crippen molar-refractivity contribution in [2.24, 2.45) is 0 Å². The second-order valence-corrected chi connectivity index (χ2v) is 8.90. The van der Waals surface area contributed by atoms with Crippen LogP contribution in [-0.2, 0) is 21.4 Å². The monoisotopic (exact) mass is 417 g/mol. The maximum absolute atomic E-state index is 12.9. The normalized spacial score (nSPS) is 15.8. The zero-order chi connectivity index (χ0) is 20.7. The molecule has 2 aromatic carbocycles. The van der Waals surface area contributed by atoms with Crippen molar-refractivity contribution in [2.45, 2.75) is 18.4 Å². The molecular formula is C21H27N3O4S. The molecule has 1 heterocycles. The van der Waals surface area contributed by atoms with E-state index in [0.717, 1.165) is 17.9 Å². The predicted molar refractivity (Wildman–Crippen MR) is 111 cm³/mol. The SMILES string of the molecule is CC(=O)NCc1ccc(S(=O)(=O)N2CCN(CCOc3ccccc3)CC2)cc1. The van der Waals surface area contributed by atoms with Gasteiger partial charge in [-0.25, -0.2) is 8.42 Å². The Labute approximate surface area is 172 Å². The number of nitrogens with zero attached hydrogens (tertiary/aromatic N) is 2. The number of carbonyl (C=O) groups excluding carboxylic acids is 1. The minimum atomic E-state index is -3.51. The number of para-hydroxylation sites is 1. The van der Waals surface area contributed by atoms with Crippen LogP contribution in [-0.4, -0.2) is 62.9 Å². The molecule has 1 saturated heterocycles. The molecule has 0 radical (unpaired) electrons. The van der Waals surface area contributed by atoms with Crippen LogP contribution < -0.4 is 10.1 Å². The number of hydrogen-bond acceptors (Lipinski definition) is 5. The van der Waals surface area contributed by atoms with Gasteiger partial charge in [-0.3, -0.25) is 9.69 Å². The molecule has 1 fully saturated rings. The Morgan fingerprint density at radius 2 is 1.66 bits per heavy atom. The average Bonchev–Trinajstić information content (AvgIpc) is 2.74. The standard InChI is InChI=1S/C21H27N3O4S/c1-18(25)22-17-19-7-9-21(10-8-19)29(26,27)24-13-11-23(12-14-24)15-16-28-20-5-3-2-4-6-20/h2-10H,11-17H2,1H3,(H,22,25). The first kappa shape index (κ1) is 21.3. The Morgan fingerprint density at radius 1 is 1.00 bits per heavy atom. The van der Waals surface area contributed by atoms with Crippen molar-refractivity contribution >= 4 is 15.9 Å². The van der Waals surface area contributed by atoms with Crippen LogP contribution in [0.4, 0.5) is 0 Å². The summed E-state index contributed by atoms with van der Waals surface area (Å²) >= 11 is 0. The summed E-state index contributed by atoms with van der Waals surface area (Å²) in [6.07, 6.45) is 0. The molecule has 0 bridgehead atoms. The van der Waals surface area contributed by atoms with E-state index in [4.69, 9.17) is 4.74 Å². The number of rotatable bonds is 8. The van der Waals surface area contributed by atoms with E-state index in [1.165, 1.54) is 11.2 Å². The quantitative estimate of drug-likeness (QED) is 0.707. The lowest BCUT2D eigenvalue weighted by molar-refractivity contribution is -0.119. The van der Waals surface area contributed by atoms with Crippen molar-refractivity contribution in [3.8, 4) is 5.75 Å². The van der Waals surface area contributed by atoms with Crippen molar-refractivity contribution in [2.75, 3.05) is 39.3 Å². The topological polar surface area (TPSA) is 79.0 Å². The minimum absolute atomic E-state index is 0.117. The number of benzene rings is 2. The number of piperazine rings is 1. The molecular weight excluding hydrogens is 390 g/mol. The van der Waals surface area contributed by atoms with Crippen LogP contribution in [0.1, 0.15) is 12.5 Å². The highest BCUT2D eigenvalue weighted by Gasteiger charge is 2.28. The van der Waals surface area contributed by atoms with E-state index in [2.05, 4.69) is 10.2 Å². The van der Waals surface area contributed by atoms with Gasteiger partial charge in [-0.05, 0) is 29.8 Å². The van der Waals surface area contributed by atoms with Gasteiger partial charge in [0.1, 0.15) is 12.4 Å². The van der Waals surface area contributed by atoms with E-state index in [-0.39, 0.29) is 10.8 Å². The van der Waals surface area contributed by atoms with Gasteiger partial charge in [0, 0.05) is 46.2 Å². The third kappa shape index (κ3) is 6.03. The lowest BCUT2D eigenvalue weighted by Crippen LogP contribution is -2.49. The molecule has 156 valence electrons. The fraction of sp³-hybridized carbons (Fsp3) is 0.381. The first-order valence-electron chi connectivity index (χ1n) is 9.69. The van der Waals surface area contributed by atoms with Gasteiger partial charge in [0.2, 0.25) is 15.9 Å². The molecule has 2 aromatic rings. The van der Waals surface area contributed by atoms with Crippen LogP contribution in [0.3, 0.4) is 0 Å². The van der Waals surface area contributed by atoms with E-state index < -0.39 is 10.0 Å². The molecule has 29 heavy (non-hydrogen) atoms. The van der Waals surface area contributed by atoms with Crippen LogP contribution in [0.2, 0.25) is 0 Å². The highest BCUT2D eigenvalue weighted by Crippen LogP contribution is 2.18. The third-order valence-corrected chi connectivity index (χ3v) is 6.77. The third-order valence-electron chi connectivity index (χ3n) is 4.85. The van der Waals surface area contributed by atoms with Crippen LogP contribution >= 0.6 is 0 Å². The fourth-order valence-corrected chi connectivity index (χ4v) is 4.58. The number of sulfonamides is 1. The molecule has 0 aliphatic carbocycles. The number of ether oxygens (including phenoxy) is 1. The van der Waals surface area contributed by atoms with Crippen LogP contribution in [0, 0.1) is 0 Å². The Kier molecular flexibility index (Phi) is 7.24. The molecule has 1 N–H and O–H groups in total.